The molecule has 4 heteroatoms. The van der Waals surface area contributed by atoms with Gasteiger partial charge in [-0.3, -0.25) is 5.84 Å². The lowest BCUT2D eigenvalue weighted by Crippen LogP contribution is -2.29. The molecule has 3 aromatic carbocycles. The summed E-state index contributed by atoms with van der Waals surface area (Å²) in [5, 5.41) is 2.02. The molecule has 0 aliphatic heterocycles. The van der Waals surface area contributed by atoms with E-state index in [4.69, 9.17) is 5.84 Å². The largest absolute Gasteiger partial charge is 0.271 e. The van der Waals surface area contributed by atoms with E-state index < -0.39 is 17.7 Å². The van der Waals surface area contributed by atoms with Crippen molar-refractivity contribution in [3.63, 3.8) is 0 Å². The molecule has 3 aromatic rings. The van der Waals surface area contributed by atoms with Gasteiger partial charge in [-0.2, -0.15) is 0 Å². The average Bonchev–Trinajstić information content (AvgIpc) is 2.50. The molecule has 1 atom stereocenters. The number of nitrogens with one attached hydrogen (secondary N) is 1. The second-order valence-corrected chi connectivity index (χ2v) is 4.83. The van der Waals surface area contributed by atoms with Crippen molar-refractivity contribution in [1.29, 1.82) is 0 Å². The fourth-order valence-electron chi connectivity index (χ4n) is 2.58. The molecule has 3 rings (SSSR count). The minimum absolute atomic E-state index is 0.315. The highest BCUT2D eigenvalue weighted by atomic mass is 19.1. The van der Waals surface area contributed by atoms with E-state index in [-0.39, 0.29) is 0 Å². The van der Waals surface area contributed by atoms with Crippen molar-refractivity contribution in [2.45, 2.75) is 6.04 Å². The van der Waals surface area contributed by atoms with Crippen LogP contribution < -0.4 is 11.3 Å². The molecule has 106 valence electrons. The molecule has 0 saturated carbocycles. The zero-order chi connectivity index (χ0) is 14.8. The van der Waals surface area contributed by atoms with Crippen LogP contribution in [0.5, 0.6) is 0 Å². The lowest BCUT2D eigenvalue weighted by molar-refractivity contribution is 0.542. The van der Waals surface area contributed by atoms with Gasteiger partial charge in [-0.05, 0) is 22.4 Å². The molecule has 0 heterocycles. The van der Waals surface area contributed by atoms with Crippen LogP contribution in [0.15, 0.2) is 60.7 Å². The fraction of sp³-hybridized carbons (Fsp3) is 0.0588. The van der Waals surface area contributed by atoms with Crippen LogP contribution in [0.1, 0.15) is 17.2 Å². The first-order valence-corrected chi connectivity index (χ1v) is 6.59. The Bertz CT molecular complexity index is 781. The molecule has 0 aliphatic rings. The lowest BCUT2D eigenvalue weighted by Gasteiger charge is -2.19. The molecule has 0 aromatic heterocycles. The smallest absolute Gasteiger partial charge is 0.131 e. The van der Waals surface area contributed by atoms with E-state index in [1.165, 1.54) is 12.1 Å². The Balaban J connectivity index is 2.18. The summed E-state index contributed by atoms with van der Waals surface area (Å²) in [6, 6.07) is 16.5. The van der Waals surface area contributed by atoms with E-state index >= 15 is 0 Å². The molecule has 2 nitrogen and oxygen atoms in total. The zero-order valence-electron chi connectivity index (χ0n) is 11.2. The molecule has 0 amide bonds. The van der Waals surface area contributed by atoms with Crippen LogP contribution in [0.3, 0.4) is 0 Å². The summed E-state index contributed by atoms with van der Waals surface area (Å²) in [6.45, 7) is 0. The Hall–Kier alpha value is -2.30. The Morgan fingerprint density at radius 1 is 0.857 bits per heavy atom. The number of halogens is 2. The van der Waals surface area contributed by atoms with Crippen LogP contribution in [0.2, 0.25) is 0 Å². The van der Waals surface area contributed by atoms with E-state index in [0.717, 1.165) is 22.4 Å². The molecule has 21 heavy (non-hydrogen) atoms. The maximum atomic E-state index is 14.0. The van der Waals surface area contributed by atoms with E-state index in [1.807, 2.05) is 42.5 Å². The van der Waals surface area contributed by atoms with E-state index in [9.17, 15) is 8.78 Å². The Kier molecular flexibility index (Phi) is 3.64. The minimum atomic E-state index is -0.620. The summed E-state index contributed by atoms with van der Waals surface area (Å²) < 4.78 is 27.1. The summed E-state index contributed by atoms with van der Waals surface area (Å²) in [4.78, 5) is 0. The van der Waals surface area contributed by atoms with Gasteiger partial charge in [0.25, 0.3) is 0 Å². The minimum Gasteiger partial charge on any atom is -0.271 e. The third-order valence-electron chi connectivity index (χ3n) is 3.57. The van der Waals surface area contributed by atoms with E-state index in [2.05, 4.69) is 5.43 Å². The van der Waals surface area contributed by atoms with E-state index in [0.29, 0.717) is 5.56 Å². The van der Waals surface area contributed by atoms with Crippen molar-refractivity contribution < 1.29 is 8.78 Å². The predicted molar refractivity (Wildman–Crippen MR) is 79.5 cm³/mol. The predicted octanol–water partition coefficient (Wildman–Crippen LogP) is 3.67. The van der Waals surface area contributed by atoms with Gasteiger partial charge < -0.3 is 0 Å². The van der Waals surface area contributed by atoms with Crippen molar-refractivity contribution in [3.05, 3.63) is 83.4 Å². The first-order valence-electron chi connectivity index (χ1n) is 6.59. The molecule has 0 saturated heterocycles. The number of hydrogen-bond donors (Lipinski definition) is 2. The maximum Gasteiger partial charge on any atom is 0.131 e. The number of nitrogens with two attached hydrogens (primary N) is 1. The molecule has 0 spiro atoms. The van der Waals surface area contributed by atoms with Crippen molar-refractivity contribution in [2.75, 3.05) is 0 Å². The topological polar surface area (TPSA) is 38.0 Å². The van der Waals surface area contributed by atoms with E-state index in [1.54, 1.807) is 0 Å². The molecular formula is C17H14F2N2. The van der Waals surface area contributed by atoms with Gasteiger partial charge >= 0.3 is 0 Å². The van der Waals surface area contributed by atoms with Crippen molar-refractivity contribution in [2.24, 2.45) is 5.84 Å². The highest BCUT2D eigenvalue weighted by molar-refractivity contribution is 5.86. The highest BCUT2D eigenvalue weighted by Crippen LogP contribution is 2.30. The number of fused-ring (bicyclic) bond motifs is 1. The monoisotopic (exact) mass is 284 g/mol. The first kappa shape index (κ1) is 13.7. The van der Waals surface area contributed by atoms with Gasteiger partial charge in [-0.15, -0.1) is 0 Å². The van der Waals surface area contributed by atoms with Crippen LogP contribution >= 0.6 is 0 Å². The second kappa shape index (κ2) is 5.60. The molecular weight excluding hydrogens is 270 g/mol. The van der Waals surface area contributed by atoms with Crippen molar-refractivity contribution in [1.82, 2.24) is 5.43 Å². The molecule has 3 N–H and O–H groups in total. The molecule has 1 unspecified atom stereocenters. The quantitative estimate of drug-likeness (QED) is 0.569. The Morgan fingerprint density at radius 3 is 2.38 bits per heavy atom. The molecule has 0 fully saturated rings. The third kappa shape index (κ3) is 2.51. The van der Waals surface area contributed by atoms with Crippen LogP contribution in [-0.2, 0) is 0 Å². The lowest BCUT2D eigenvalue weighted by atomic mass is 9.94. The van der Waals surface area contributed by atoms with Gasteiger partial charge in [0.1, 0.15) is 11.6 Å². The fourth-order valence-corrected chi connectivity index (χ4v) is 2.58. The number of rotatable bonds is 3. The number of hydrogen-bond acceptors (Lipinski definition) is 2. The molecule has 0 radical (unpaired) electrons. The Morgan fingerprint density at radius 2 is 1.62 bits per heavy atom. The third-order valence-corrected chi connectivity index (χ3v) is 3.57. The van der Waals surface area contributed by atoms with Gasteiger partial charge in [0.2, 0.25) is 0 Å². The molecule has 0 bridgehead atoms. The number of benzene rings is 3. The standard InChI is InChI=1S/C17H14F2N2/c18-12-8-9-15(16(19)10-12)17(21-20)14-7-3-5-11-4-1-2-6-13(11)14/h1-10,17,21H,20H2. The van der Waals surface area contributed by atoms with Crippen LogP contribution in [-0.4, -0.2) is 0 Å². The SMILES string of the molecule is NNC(c1ccc(F)cc1F)c1cccc2ccccc12. The molecule has 0 aliphatic carbocycles. The first-order chi connectivity index (χ1) is 10.2. The van der Waals surface area contributed by atoms with Gasteiger partial charge in [0.15, 0.2) is 0 Å². The van der Waals surface area contributed by atoms with Gasteiger partial charge in [0, 0.05) is 11.6 Å². The second-order valence-electron chi connectivity index (χ2n) is 4.83. The summed E-state index contributed by atoms with van der Waals surface area (Å²) in [5.74, 6) is 4.40. The highest BCUT2D eigenvalue weighted by Gasteiger charge is 2.19. The normalized spacial score (nSPS) is 12.5. The Labute approximate surface area is 121 Å². The summed E-state index contributed by atoms with van der Waals surface area (Å²) in [6.07, 6.45) is 0. The summed E-state index contributed by atoms with van der Waals surface area (Å²) in [7, 11) is 0. The van der Waals surface area contributed by atoms with Crippen LogP contribution in [0.4, 0.5) is 8.78 Å². The van der Waals surface area contributed by atoms with Gasteiger partial charge in [-0.25, -0.2) is 14.2 Å². The van der Waals surface area contributed by atoms with Crippen LogP contribution in [0.25, 0.3) is 10.8 Å². The average molecular weight is 284 g/mol. The van der Waals surface area contributed by atoms with Crippen LogP contribution in [0, 0.1) is 11.6 Å². The summed E-state index contributed by atoms with van der Waals surface area (Å²) >= 11 is 0. The summed E-state index contributed by atoms with van der Waals surface area (Å²) in [5.41, 5.74) is 3.79. The maximum absolute atomic E-state index is 14.0. The zero-order valence-corrected chi connectivity index (χ0v) is 11.2. The van der Waals surface area contributed by atoms with Crippen molar-refractivity contribution >= 4 is 10.8 Å². The van der Waals surface area contributed by atoms with Crippen molar-refractivity contribution in [3.8, 4) is 0 Å². The van der Waals surface area contributed by atoms with Gasteiger partial charge in [0.05, 0.1) is 6.04 Å². The van der Waals surface area contributed by atoms with Gasteiger partial charge in [-0.1, -0.05) is 48.5 Å². The number of hydrazine groups is 1.